The van der Waals surface area contributed by atoms with E-state index in [1.807, 2.05) is 0 Å². The summed E-state index contributed by atoms with van der Waals surface area (Å²) in [5.41, 5.74) is -0.169. The number of hydrogen-bond acceptors (Lipinski definition) is 3. The summed E-state index contributed by atoms with van der Waals surface area (Å²) in [4.78, 5) is 10.5. The number of carbonyl (C=O) groups is 1. The van der Waals surface area contributed by atoms with Crippen molar-refractivity contribution in [1.82, 2.24) is 0 Å². The highest BCUT2D eigenvalue weighted by atomic mass is 16.5. The van der Waals surface area contributed by atoms with E-state index < -0.39 is 5.97 Å². The average molecular weight is 455 g/mol. The summed E-state index contributed by atoms with van der Waals surface area (Å²) in [6.45, 7) is 8.21. The molecule has 1 fully saturated rings. The molecular weight excluding hydrogens is 400 g/mol. The van der Waals surface area contributed by atoms with Gasteiger partial charge in [-0.3, -0.25) is 4.79 Å². The fourth-order valence-corrected chi connectivity index (χ4v) is 4.98. The molecular formula is C28H54O4. The van der Waals surface area contributed by atoms with Crippen molar-refractivity contribution < 1.29 is 19.4 Å². The molecule has 0 aliphatic heterocycles. The maximum Gasteiger partial charge on any atom is 0.303 e. The molecule has 190 valence electrons. The highest BCUT2D eigenvalue weighted by molar-refractivity contribution is 5.66. The second-order valence-corrected chi connectivity index (χ2v) is 10.7. The molecule has 1 unspecified atom stereocenters. The van der Waals surface area contributed by atoms with Crippen LogP contribution in [-0.4, -0.2) is 36.0 Å². The van der Waals surface area contributed by atoms with E-state index in [2.05, 4.69) is 20.8 Å². The zero-order valence-corrected chi connectivity index (χ0v) is 21.7. The lowest BCUT2D eigenvalue weighted by Gasteiger charge is -2.32. The predicted molar refractivity (Wildman–Crippen MR) is 134 cm³/mol. The van der Waals surface area contributed by atoms with Crippen LogP contribution in [0, 0.1) is 5.92 Å². The second-order valence-electron chi connectivity index (χ2n) is 10.7. The van der Waals surface area contributed by atoms with Gasteiger partial charge in [0.25, 0.3) is 0 Å². The summed E-state index contributed by atoms with van der Waals surface area (Å²) in [7, 11) is 0. The van der Waals surface area contributed by atoms with E-state index >= 15 is 0 Å². The van der Waals surface area contributed by atoms with Crippen LogP contribution in [0.3, 0.4) is 0 Å². The van der Waals surface area contributed by atoms with Crippen LogP contribution in [0.4, 0.5) is 0 Å². The summed E-state index contributed by atoms with van der Waals surface area (Å²) in [5.74, 6) is 0.186. The molecule has 0 radical (unpaired) electrons. The van der Waals surface area contributed by atoms with Gasteiger partial charge in [-0.05, 0) is 51.9 Å². The lowest BCUT2D eigenvalue weighted by Crippen LogP contribution is -2.36. The molecule has 0 amide bonds. The summed E-state index contributed by atoms with van der Waals surface area (Å²) in [5, 5.41) is 8.67. The Bertz CT molecular complexity index is 443. The first-order chi connectivity index (χ1) is 15.4. The van der Waals surface area contributed by atoms with Gasteiger partial charge in [0.2, 0.25) is 0 Å². The molecule has 1 saturated carbocycles. The Labute approximate surface area is 199 Å². The van der Waals surface area contributed by atoms with Gasteiger partial charge in [-0.2, -0.15) is 0 Å². The minimum atomic E-state index is -0.662. The lowest BCUT2D eigenvalue weighted by atomic mass is 9.91. The molecule has 1 rings (SSSR count). The fourth-order valence-electron chi connectivity index (χ4n) is 4.98. The Morgan fingerprint density at radius 1 is 0.875 bits per heavy atom. The first kappa shape index (κ1) is 29.4. The third-order valence-corrected chi connectivity index (χ3v) is 6.86. The van der Waals surface area contributed by atoms with E-state index in [-0.39, 0.29) is 5.60 Å². The maximum atomic E-state index is 10.5. The first-order valence-corrected chi connectivity index (χ1v) is 13.9. The number of unbranched alkanes of at least 4 members (excludes halogenated alkanes) is 7. The molecule has 0 heterocycles. The van der Waals surface area contributed by atoms with Crippen LogP contribution < -0.4 is 0 Å². The molecule has 1 N–H and O–H groups in total. The van der Waals surface area contributed by atoms with Gasteiger partial charge < -0.3 is 14.6 Å². The van der Waals surface area contributed by atoms with Crippen LogP contribution in [0.1, 0.15) is 143 Å². The molecule has 0 aromatic heterocycles. The normalized spacial score (nSPS) is 16.3. The number of aliphatic carboxylic acids is 1. The van der Waals surface area contributed by atoms with E-state index in [4.69, 9.17) is 14.6 Å². The molecule has 1 atom stereocenters. The van der Waals surface area contributed by atoms with Gasteiger partial charge in [0, 0.05) is 13.0 Å². The largest absolute Gasteiger partial charge is 0.481 e. The van der Waals surface area contributed by atoms with Crippen LogP contribution >= 0.6 is 0 Å². The van der Waals surface area contributed by atoms with Gasteiger partial charge >= 0.3 is 5.97 Å². The van der Waals surface area contributed by atoms with Gasteiger partial charge in [0.05, 0.1) is 18.3 Å². The van der Waals surface area contributed by atoms with E-state index in [1.54, 1.807) is 0 Å². The Balaban J connectivity index is 2.08. The number of rotatable bonds is 21. The lowest BCUT2D eigenvalue weighted by molar-refractivity contribution is -0.137. The predicted octanol–water partition coefficient (Wildman–Crippen LogP) is 8.31. The van der Waals surface area contributed by atoms with Crippen LogP contribution in [0.15, 0.2) is 0 Å². The van der Waals surface area contributed by atoms with Crippen molar-refractivity contribution in [2.75, 3.05) is 13.2 Å². The van der Waals surface area contributed by atoms with Gasteiger partial charge in [-0.1, -0.05) is 90.4 Å². The number of ether oxygens (including phenoxy) is 2. The Morgan fingerprint density at radius 2 is 1.47 bits per heavy atom. The third kappa shape index (κ3) is 16.9. The first-order valence-electron chi connectivity index (χ1n) is 13.9. The Hall–Kier alpha value is -0.610. The standard InChI is InChI=1S/C28H54O4/c1-4-5-17-25(18-12-9-7-6-8-10-15-22-27(29)30)19-16-23-31-24-28(2,3)32-26-20-13-11-14-21-26/h25-26H,4-24H2,1-3H3,(H,29,30). The molecule has 0 aromatic carbocycles. The monoisotopic (exact) mass is 454 g/mol. The molecule has 0 aromatic rings. The van der Waals surface area contributed by atoms with Gasteiger partial charge in [0.15, 0.2) is 0 Å². The molecule has 4 nitrogen and oxygen atoms in total. The number of hydrogen-bond donors (Lipinski definition) is 1. The summed E-state index contributed by atoms with van der Waals surface area (Å²) >= 11 is 0. The minimum Gasteiger partial charge on any atom is -0.481 e. The second kappa shape index (κ2) is 18.8. The maximum absolute atomic E-state index is 10.5. The van der Waals surface area contributed by atoms with Crippen molar-refractivity contribution in [2.24, 2.45) is 5.92 Å². The summed E-state index contributed by atoms with van der Waals surface area (Å²) in [6, 6.07) is 0. The third-order valence-electron chi connectivity index (χ3n) is 6.86. The summed E-state index contributed by atoms with van der Waals surface area (Å²) in [6.07, 6.45) is 23.3. The topological polar surface area (TPSA) is 55.8 Å². The minimum absolute atomic E-state index is 0.169. The van der Waals surface area contributed by atoms with Crippen molar-refractivity contribution in [2.45, 2.75) is 154 Å². The SMILES string of the molecule is CCCCC(CCCCCCCCCC(=O)O)CCCOCC(C)(C)OC1CCCCC1. The Morgan fingerprint density at radius 3 is 2.12 bits per heavy atom. The molecule has 1 aliphatic rings. The van der Waals surface area contributed by atoms with E-state index in [0.29, 0.717) is 19.1 Å². The fraction of sp³-hybridized carbons (Fsp3) is 0.964. The average Bonchev–Trinajstić information content (AvgIpc) is 2.75. The van der Waals surface area contributed by atoms with Gasteiger partial charge in [0.1, 0.15) is 0 Å². The van der Waals surface area contributed by atoms with Crippen molar-refractivity contribution in [3.05, 3.63) is 0 Å². The zero-order chi connectivity index (χ0) is 23.5. The van der Waals surface area contributed by atoms with Crippen LogP contribution in [0.2, 0.25) is 0 Å². The van der Waals surface area contributed by atoms with Crippen molar-refractivity contribution >= 4 is 5.97 Å². The molecule has 32 heavy (non-hydrogen) atoms. The molecule has 0 bridgehead atoms. The van der Waals surface area contributed by atoms with Gasteiger partial charge in [-0.25, -0.2) is 0 Å². The van der Waals surface area contributed by atoms with Crippen molar-refractivity contribution in [1.29, 1.82) is 0 Å². The van der Waals surface area contributed by atoms with E-state index in [9.17, 15) is 4.79 Å². The number of carboxylic acids is 1. The highest BCUT2D eigenvalue weighted by Gasteiger charge is 2.25. The van der Waals surface area contributed by atoms with Crippen molar-refractivity contribution in [3.8, 4) is 0 Å². The summed E-state index contributed by atoms with van der Waals surface area (Å²) < 4.78 is 12.4. The van der Waals surface area contributed by atoms with Crippen LogP contribution in [0.25, 0.3) is 0 Å². The van der Waals surface area contributed by atoms with Crippen LogP contribution in [-0.2, 0) is 14.3 Å². The quantitative estimate of drug-likeness (QED) is 0.177. The molecule has 1 aliphatic carbocycles. The smallest absolute Gasteiger partial charge is 0.303 e. The van der Waals surface area contributed by atoms with Crippen LogP contribution in [0.5, 0.6) is 0 Å². The highest BCUT2D eigenvalue weighted by Crippen LogP contribution is 2.26. The molecule has 4 heteroatoms. The van der Waals surface area contributed by atoms with Crippen molar-refractivity contribution in [3.63, 3.8) is 0 Å². The molecule has 0 saturated heterocycles. The van der Waals surface area contributed by atoms with E-state index in [1.165, 1.54) is 96.3 Å². The number of carboxylic acid groups (broad SMARTS) is 1. The zero-order valence-electron chi connectivity index (χ0n) is 21.7. The molecule has 0 spiro atoms. The Kier molecular flexibility index (Phi) is 17.3. The van der Waals surface area contributed by atoms with Gasteiger partial charge in [-0.15, -0.1) is 0 Å². The van der Waals surface area contributed by atoms with E-state index in [0.717, 1.165) is 31.8 Å².